The Morgan fingerprint density at radius 3 is 1.86 bits per heavy atom. The molecular weight excluding hydrogens is 284 g/mol. The number of carbonyl (C=O) groups excluding carboxylic acids is 2. The van der Waals surface area contributed by atoms with E-state index in [1.165, 1.54) is 0 Å². The first-order valence-corrected chi connectivity index (χ1v) is 8.53. The van der Waals surface area contributed by atoms with Gasteiger partial charge in [0, 0.05) is 18.3 Å². The van der Waals surface area contributed by atoms with E-state index in [1.807, 2.05) is 13.8 Å². The van der Waals surface area contributed by atoms with Crippen LogP contribution in [0.5, 0.6) is 0 Å². The fraction of sp³-hybridized carbons (Fsp3) is 0.882. The molecule has 0 aromatic heterocycles. The van der Waals surface area contributed by atoms with Gasteiger partial charge in [0.25, 0.3) is 0 Å². The highest BCUT2D eigenvalue weighted by Gasteiger charge is 2.35. The third-order valence-corrected chi connectivity index (χ3v) is 4.81. The molecule has 1 unspecified atom stereocenters. The second-order valence-electron chi connectivity index (χ2n) is 6.13. The number of carbonyl (C=O) groups is 2. The highest BCUT2D eigenvalue weighted by molar-refractivity contribution is 5.72. The number of rotatable bonds is 4. The van der Waals surface area contributed by atoms with Gasteiger partial charge in [-0.1, -0.05) is 34.1 Å². The summed E-state index contributed by atoms with van der Waals surface area (Å²) < 4.78 is 9.81. The molecule has 0 saturated carbocycles. The molecule has 22 heavy (non-hydrogen) atoms. The fourth-order valence-corrected chi connectivity index (χ4v) is 3.33. The highest BCUT2D eigenvalue weighted by Crippen LogP contribution is 2.31. The van der Waals surface area contributed by atoms with Crippen molar-refractivity contribution < 1.29 is 24.2 Å². The molecule has 2 aliphatic heterocycles. The summed E-state index contributed by atoms with van der Waals surface area (Å²) >= 11 is 0. The van der Waals surface area contributed by atoms with E-state index in [2.05, 4.69) is 13.8 Å². The van der Waals surface area contributed by atoms with Gasteiger partial charge < -0.3 is 14.6 Å². The van der Waals surface area contributed by atoms with Crippen LogP contribution in [0.4, 0.5) is 0 Å². The Morgan fingerprint density at radius 2 is 1.41 bits per heavy atom. The topological polar surface area (TPSA) is 72.8 Å². The van der Waals surface area contributed by atoms with Crippen molar-refractivity contribution in [2.24, 2.45) is 17.8 Å². The predicted molar refractivity (Wildman–Crippen MR) is 82.8 cm³/mol. The van der Waals surface area contributed by atoms with Crippen LogP contribution in [0, 0.1) is 17.8 Å². The van der Waals surface area contributed by atoms with E-state index in [-0.39, 0.29) is 24.0 Å². The molecule has 0 bridgehead atoms. The first kappa shape index (κ1) is 18.9. The molecular formula is C17H30O5. The van der Waals surface area contributed by atoms with Crippen molar-refractivity contribution in [2.45, 2.75) is 78.6 Å². The molecule has 0 radical (unpaired) electrons. The zero-order chi connectivity index (χ0) is 16.7. The standard InChI is InChI=1S/C9H16O3.C8H14O2/c1-3-6-5-8(10)12-9(11)7(6)4-2;1-3-6-5-8(9)10-7(6)4-2/h6-7,9,11H,3-5H2,1-2H3;6-7H,3-5H2,1-2H3/t6-,7-,9?;6-,7-/m01/s1. The quantitative estimate of drug-likeness (QED) is 0.807. The number of esters is 2. The Balaban J connectivity index is 0.000000224. The van der Waals surface area contributed by atoms with Gasteiger partial charge >= 0.3 is 11.9 Å². The van der Waals surface area contributed by atoms with Crippen molar-refractivity contribution in [2.75, 3.05) is 0 Å². The van der Waals surface area contributed by atoms with Crippen LogP contribution in [-0.4, -0.2) is 29.4 Å². The largest absolute Gasteiger partial charge is 0.462 e. The maximum absolute atomic E-state index is 10.9. The van der Waals surface area contributed by atoms with Crippen LogP contribution in [0.15, 0.2) is 0 Å². The van der Waals surface area contributed by atoms with Crippen molar-refractivity contribution in [3.05, 3.63) is 0 Å². The summed E-state index contributed by atoms with van der Waals surface area (Å²) in [6, 6.07) is 0. The van der Waals surface area contributed by atoms with Crippen LogP contribution < -0.4 is 0 Å². The van der Waals surface area contributed by atoms with Crippen molar-refractivity contribution in [3.8, 4) is 0 Å². The summed E-state index contributed by atoms with van der Waals surface area (Å²) in [4.78, 5) is 21.7. The zero-order valence-corrected chi connectivity index (χ0v) is 14.2. The Labute approximate surface area is 133 Å². The molecule has 0 amide bonds. The van der Waals surface area contributed by atoms with Gasteiger partial charge in [0.1, 0.15) is 6.10 Å². The summed E-state index contributed by atoms with van der Waals surface area (Å²) in [5, 5.41) is 9.40. The second-order valence-corrected chi connectivity index (χ2v) is 6.13. The summed E-state index contributed by atoms with van der Waals surface area (Å²) in [6.07, 6.45) is 4.26. The number of aliphatic hydroxyl groups is 1. The number of aliphatic hydroxyl groups excluding tert-OH is 1. The Bertz CT molecular complexity index is 354. The van der Waals surface area contributed by atoms with Crippen molar-refractivity contribution >= 4 is 11.9 Å². The number of hydrogen-bond acceptors (Lipinski definition) is 5. The zero-order valence-electron chi connectivity index (χ0n) is 14.2. The summed E-state index contributed by atoms with van der Waals surface area (Å²) in [7, 11) is 0. The first-order valence-electron chi connectivity index (χ1n) is 8.53. The summed E-state index contributed by atoms with van der Waals surface area (Å²) in [5.74, 6) is 0.634. The van der Waals surface area contributed by atoms with Crippen LogP contribution >= 0.6 is 0 Å². The molecule has 2 fully saturated rings. The Morgan fingerprint density at radius 1 is 0.864 bits per heavy atom. The van der Waals surface area contributed by atoms with Crippen LogP contribution in [0.25, 0.3) is 0 Å². The predicted octanol–water partition coefficient (Wildman–Crippen LogP) is 3.04. The van der Waals surface area contributed by atoms with Gasteiger partial charge in [-0.3, -0.25) is 9.59 Å². The third kappa shape index (κ3) is 4.97. The lowest BCUT2D eigenvalue weighted by molar-refractivity contribution is -0.197. The molecule has 5 atom stereocenters. The number of ether oxygens (including phenoxy) is 2. The molecule has 0 aromatic carbocycles. The molecule has 5 heteroatoms. The minimum atomic E-state index is -0.874. The van der Waals surface area contributed by atoms with E-state index < -0.39 is 6.29 Å². The van der Waals surface area contributed by atoms with E-state index in [4.69, 9.17) is 9.47 Å². The fourth-order valence-electron chi connectivity index (χ4n) is 3.33. The van der Waals surface area contributed by atoms with E-state index in [0.717, 1.165) is 25.7 Å². The lowest BCUT2D eigenvalue weighted by atomic mass is 9.83. The highest BCUT2D eigenvalue weighted by atomic mass is 16.6. The molecule has 5 nitrogen and oxygen atoms in total. The van der Waals surface area contributed by atoms with E-state index in [1.54, 1.807) is 0 Å². The molecule has 2 rings (SSSR count). The molecule has 2 aliphatic rings. The second kappa shape index (κ2) is 9.13. The molecule has 0 aromatic rings. The van der Waals surface area contributed by atoms with Gasteiger partial charge in [-0.25, -0.2) is 0 Å². The molecule has 128 valence electrons. The van der Waals surface area contributed by atoms with Gasteiger partial charge in [-0.2, -0.15) is 0 Å². The molecule has 1 N–H and O–H groups in total. The average molecular weight is 314 g/mol. The third-order valence-electron chi connectivity index (χ3n) is 4.81. The Kier molecular flexibility index (Phi) is 7.87. The van der Waals surface area contributed by atoms with Crippen molar-refractivity contribution in [1.29, 1.82) is 0 Å². The molecule has 2 heterocycles. The molecule has 2 saturated heterocycles. The maximum atomic E-state index is 10.9. The van der Waals surface area contributed by atoms with Crippen LogP contribution in [-0.2, 0) is 19.1 Å². The maximum Gasteiger partial charge on any atom is 0.308 e. The van der Waals surface area contributed by atoms with Gasteiger partial charge in [0.05, 0.1) is 6.42 Å². The summed E-state index contributed by atoms with van der Waals surface area (Å²) in [6.45, 7) is 8.22. The van der Waals surface area contributed by atoms with E-state index in [0.29, 0.717) is 24.7 Å². The van der Waals surface area contributed by atoms with Gasteiger partial charge in [-0.05, 0) is 25.2 Å². The lowest BCUT2D eigenvalue weighted by Crippen LogP contribution is -2.38. The summed E-state index contributed by atoms with van der Waals surface area (Å²) in [5.41, 5.74) is 0. The number of hydrogen-bond donors (Lipinski definition) is 1. The van der Waals surface area contributed by atoms with Gasteiger partial charge in [0.15, 0.2) is 0 Å². The minimum Gasteiger partial charge on any atom is -0.462 e. The number of cyclic esters (lactones) is 2. The van der Waals surface area contributed by atoms with Crippen molar-refractivity contribution in [1.82, 2.24) is 0 Å². The normalized spacial score (nSPS) is 34.5. The average Bonchev–Trinajstić information content (AvgIpc) is 2.87. The Hall–Kier alpha value is -1.10. The molecule has 0 aliphatic carbocycles. The van der Waals surface area contributed by atoms with E-state index in [9.17, 15) is 14.7 Å². The van der Waals surface area contributed by atoms with Gasteiger partial charge in [0.2, 0.25) is 6.29 Å². The monoisotopic (exact) mass is 314 g/mol. The first-order chi connectivity index (χ1) is 10.5. The van der Waals surface area contributed by atoms with Crippen LogP contribution in [0.1, 0.15) is 66.2 Å². The smallest absolute Gasteiger partial charge is 0.308 e. The van der Waals surface area contributed by atoms with E-state index >= 15 is 0 Å². The SMILES string of the molecule is CC[C@@H]1CC(=O)O[C@@H]1CC.CC[C@H]1CC(=O)OC(O)[C@H]1CC. The van der Waals surface area contributed by atoms with Crippen LogP contribution in [0.2, 0.25) is 0 Å². The minimum absolute atomic E-state index is 0.0151. The van der Waals surface area contributed by atoms with Crippen molar-refractivity contribution in [3.63, 3.8) is 0 Å². The lowest BCUT2D eigenvalue weighted by Gasteiger charge is -2.33. The van der Waals surface area contributed by atoms with Crippen LogP contribution in [0.3, 0.4) is 0 Å². The van der Waals surface area contributed by atoms with Gasteiger partial charge in [-0.15, -0.1) is 0 Å². The molecule has 0 spiro atoms.